The number of benzene rings is 3. The molecule has 0 bridgehead atoms. The minimum absolute atomic E-state index is 0.0212. The first-order chi connectivity index (χ1) is 18.8. The number of amides is 2. The molecule has 0 fully saturated rings. The van der Waals surface area contributed by atoms with Crippen LogP contribution in [0.2, 0.25) is 0 Å². The molecule has 0 radical (unpaired) electrons. The van der Waals surface area contributed by atoms with Crippen molar-refractivity contribution in [1.82, 2.24) is 0 Å². The quantitative estimate of drug-likeness (QED) is 0.357. The van der Waals surface area contributed by atoms with Crippen LogP contribution in [0.3, 0.4) is 0 Å². The summed E-state index contributed by atoms with van der Waals surface area (Å²) in [4.78, 5) is 59.8. The number of ether oxygens (including phenoxy) is 2. The zero-order chi connectivity index (χ0) is 27.7. The maximum Gasteiger partial charge on any atom is 0.337 e. The number of aryl methyl sites for hydroxylation is 1. The van der Waals surface area contributed by atoms with E-state index in [1.807, 2.05) is 0 Å². The van der Waals surface area contributed by atoms with Gasteiger partial charge in [0.05, 0.1) is 24.1 Å². The van der Waals surface area contributed by atoms with Crippen molar-refractivity contribution < 1.29 is 28.7 Å². The summed E-state index contributed by atoms with van der Waals surface area (Å²) in [5, 5.41) is 0. The highest BCUT2D eigenvalue weighted by Crippen LogP contribution is 2.46. The summed E-state index contributed by atoms with van der Waals surface area (Å²) in [5.41, 5.74) is 3.06. The molecule has 8 nitrogen and oxygen atoms in total. The minimum atomic E-state index is -0.958. The number of cyclic esters (lactones) is 1. The van der Waals surface area contributed by atoms with Crippen molar-refractivity contribution in [2.45, 2.75) is 19.8 Å². The van der Waals surface area contributed by atoms with Gasteiger partial charge in [-0.25, -0.2) is 9.69 Å². The highest BCUT2D eigenvalue weighted by atomic mass is 16.5. The molecule has 0 aliphatic carbocycles. The van der Waals surface area contributed by atoms with Crippen molar-refractivity contribution in [3.8, 4) is 0 Å². The Balaban J connectivity index is 1.77. The molecule has 0 aromatic heterocycles. The molecule has 196 valence electrons. The first-order valence-electron chi connectivity index (χ1n) is 12.4. The zero-order valence-electron chi connectivity index (χ0n) is 21.7. The Kier molecular flexibility index (Phi) is 6.94. The first-order valence-corrected chi connectivity index (χ1v) is 12.4. The van der Waals surface area contributed by atoms with Crippen molar-refractivity contribution in [1.29, 1.82) is 0 Å². The Bertz CT molecular complexity index is 1490. The number of imide groups is 1. The average molecular weight is 523 g/mol. The van der Waals surface area contributed by atoms with Crippen molar-refractivity contribution in [3.05, 3.63) is 112 Å². The van der Waals surface area contributed by atoms with E-state index in [0.29, 0.717) is 39.3 Å². The number of carbonyl (C=O) groups is 4. The third kappa shape index (κ3) is 4.54. The van der Waals surface area contributed by atoms with Gasteiger partial charge >= 0.3 is 11.9 Å². The van der Waals surface area contributed by atoms with Gasteiger partial charge in [0.25, 0.3) is 11.8 Å². The van der Waals surface area contributed by atoms with Crippen LogP contribution in [0.15, 0.2) is 95.1 Å². The first kappa shape index (κ1) is 25.8. The number of para-hydroxylation sites is 1. The summed E-state index contributed by atoms with van der Waals surface area (Å²) in [7, 11) is 1.27. The van der Waals surface area contributed by atoms with E-state index in [1.54, 1.807) is 92.7 Å². The summed E-state index contributed by atoms with van der Waals surface area (Å²) < 4.78 is 10.4. The molecular formula is C31H26N2O6. The summed E-state index contributed by atoms with van der Waals surface area (Å²) in [6, 6.07) is 22.2. The van der Waals surface area contributed by atoms with E-state index in [1.165, 1.54) is 7.11 Å². The van der Waals surface area contributed by atoms with Crippen molar-refractivity contribution >= 4 is 35.2 Å². The fourth-order valence-electron chi connectivity index (χ4n) is 5.22. The van der Waals surface area contributed by atoms with Gasteiger partial charge in [0, 0.05) is 22.8 Å². The van der Waals surface area contributed by atoms with Gasteiger partial charge in [-0.3, -0.25) is 19.4 Å². The van der Waals surface area contributed by atoms with Crippen LogP contribution in [0.5, 0.6) is 0 Å². The predicted octanol–water partition coefficient (Wildman–Crippen LogP) is 4.64. The van der Waals surface area contributed by atoms with E-state index in [9.17, 15) is 19.2 Å². The number of nitrogens with zero attached hydrogens (tertiary/aromatic N) is 2. The van der Waals surface area contributed by atoms with Gasteiger partial charge in [-0.1, -0.05) is 54.6 Å². The van der Waals surface area contributed by atoms with E-state index in [0.717, 1.165) is 4.90 Å². The topological polar surface area (TPSA) is 102 Å². The van der Waals surface area contributed by atoms with Gasteiger partial charge in [0.2, 0.25) is 0 Å². The van der Waals surface area contributed by atoms with Crippen molar-refractivity contribution in [2.24, 2.45) is 10.9 Å². The van der Waals surface area contributed by atoms with E-state index in [2.05, 4.69) is 4.99 Å². The Hall–Kier alpha value is -4.85. The maximum atomic E-state index is 14.1. The molecule has 0 spiro atoms. The van der Waals surface area contributed by atoms with Gasteiger partial charge in [-0.15, -0.1) is 0 Å². The molecule has 2 unspecified atom stereocenters. The highest BCUT2D eigenvalue weighted by Gasteiger charge is 2.47. The normalized spacial score (nSPS) is 18.1. The van der Waals surface area contributed by atoms with Crippen LogP contribution in [0.1, 0.15) is 44.7 Å². The van der Waals surface area contributed by atoms with Gasteiger partial charge in [-0.05, 0) is 49.2 Å². The van der Waals surface area contributed by atoms with Gasteiger partial charge in [0.1, 0.15) is 12.5 Å². The van der Waals surface area contributed by atoms with Crippen molar-refractivity contribution in [3.63, 3.8) is 0 Å². The molecule has 39 heavy (non-hydrogen) atoms. The fourth-order valence-corrected chi connectivity index (χ4v) is 5.22. The Morgan fingerprint density at radius 3 is 2.03 bits per heavy atom. The average Bonchev–Trinajstić information content (AvgIpc) is 3.33. The van der Waals surface area contributed by atoms with Crippen LogP contribution in [-0.2, 0) is 19.1 Å². The number of rotatable bonds is 5. The third-order valence-electron chi connectivity index (χ3n) is 7.01. The van der Waals surface area contributed by atoms with Crippen LogP contribution < -0.4 is 4.90 Å². The second kappa shape index (κ2) is 10.5. The SMILES string of the molecule is COC(=O)C1C(C)=NC2=C(C(=O)OC2)C1c1cccc(C)c1N(C(=O)c1ccccc1)C(=O)c1ccccc1. The lowest BCUT2D eigenvalue weighted by atomic mass is 9.74. The molecule has 3 aromatic carbocycles. The lowest BCUT2D eigenvalue weighted by Crippen LogP contribution is -2.40. The van der Waals surface area contributed by atoms with E-state index in [4.69, 9.17) is 9.47 Å². The summed E-state index contributed by atoms with van der Waals surface area (Å²) in [6.45, 7) is 3.45. The second-order valence-corrected chi connectivity index (χ2v) is 9.36. The number of esters is 2. The zero-order valence-corrected chi connectivity index (χ0v) is 21.7. The molecule has 2 amide bonds. The lowest BCUT2D eigenvalue weighted by Gasteiger charge is -2.33. The van der Waals surface area contributed by atoms with Crippen LogP contribution in [0.4, 0.5) is 5.69 Å². The number of methoxy groups -OCH3 is 1. The van der Waals surface area contributed by atoms with Crippen LogP contribution in [-0.4, -0.2) is 43.2 Å². The Labute approximate surface area is 225 Å². The van der Waals surface area contributed by atoms with Gasteiger partial charge in [0.15, 0.2) is 0 Å². The standard InChI is InChI=1S/C31H26N2O6/c1-18-11-10-16-22(25-24(30(36)38-3)19(2)32-23-17-39-31(37)26(23)25)27(18)33(28(34)20-12-6-4-7-13-20)29(35)21-14-8-5-9-15-21/h4-16,24-25H,17H2,1-3H3. The molecule has 2 aliphatic heterocycles. The number of anilines is 1. The lowest BCUT2D eigenvalue weighted by molar-refractivity contribution is -0.143. The molecule has 2 heterocycles. The third-order valence-corrected chi connectivity index (χ3v) is 7.01. The van der Waals surface area contributed by atoms with Crippen LogP contribution >= 0.6 is 0 Å². The van der Waals surface area contributed by atoms with Gasteiger partial charge < -0.3 is 9.47 Å². The molecule has 2 atom stereocenters. The highest BCUT2D eigenvalue weighted by molar-refractivity contribution is 6.26. The second-order valence-electron chi connectivity index (χ2n) is 9.36. The smallest absolute Gasteiger partial charge is 0.337 e. The van der Waals surface area contributed by atoms with E-state index < -0.39 is 35.6 Å². The molecule has 5 rings (SSSR count). The summed E-state index contributed by atoms with van der Waals surface area (Å²) in [5.74, 6) is -4.11. The minimum Gasteiger partial charge on any atom is -0.468 e. The molecule has 2 aliphatic rings. The van der Waals surface area contributed by atoms with E-state index >= 15 is 0 Å². The molecule has 0 saturated carbocycles. The summed E-state index contributed by atoms with van der Waals surface area (Å²) in [6.07, 6.45) is 0. The van der Waals surface area contributed by atoms with Crippen LogP contribution in [0, 0.1) is 12.8 Å². The Morgan fingerprint density at radius 2 is 1.46 bits per heavy atom. The van der Waals surface area contributed by atoms with Crippen molar-refractivity contribution in [2.75, 3.05) is 18.6 Å². The number of hydrogen-bond donors (Lipinski definition) is 0. The largest absolute Gasteiger partial charge is 0.468 e. The van der Waals surface area contributed by atoms with E-state index in [-0.39, 0.29) is 12.2 Å². The number of aliphatic imine (C=N–C) groups is 1. The monoisotopic (exact) mass is 522 g/mol. The molecule has 0 N–H and O–H groups in total. The molecule has 3 aromatic rings. The molecular weight excluding hydrogens is 496 g/mol. The predicted molar refractivity (Wildman–Crippen MR) is 145 cm³/mol. The van der Waals surface area contributed by atoms with Gasteiger partial charge in [-0.2, -0.15) is 0 Å². The number of carbonyl (C=O) groups excluding carboxylic acids is 4. The maximum absolute atomic E-state index is 14.1. The fraction of sp³-hybridized carbons (Fsp3) is 0.194. The van der Waals surface area contributed by atoms with Crippen LogP contribution in [0.25, 0.3) is 0 Å². The molecule has 8 heteroatoms. The summed E-state index contributed by atoms with van der Waals surface area (Å²) >= 11 is 0. The molecule has 0 saturated heterocycles. The number of hydrogen-bond acceptors (Lipinski definition) is 7. The Morgan fingerprint density at radius 1 is 0.872 bits per heavy atom.